The molecule has 1 aromatic rings. The fourth-order valence-electron chi connectivity index (χ4n) is 1.24. The minimum Gasteiger partial charge on any atom is -0.385 e. The predicted molar refractivity (Wildman–Crippen MR) is 72.1 cm³/mol. The second kappa shape index (κ2) is 7.45. The van der Waals surface area contributed by atoms with Gasteiger partial charge in [0.05, 0.1) is 10.7 Å². The molecule has 0 bridgehead atoms. The van der Waals surface area contributed by atoms with Crippen molar-refractivity contribution in [1.29, 1.82) is 0 Å². The summed E-state index contributed by atoms with van der Waals surface area (Å²) in [6, 6.07) is 1.75. The highest BCUT2D eigenvalue weighted by Gasteiger charge is 2.10. The maximum absolute atomic E-state index is 13.4. The zero-order valence-electron chi connectivity index (χ0n) is 9.73. The third kappa shape index (κ3) is 4.72. The minimum absolute atomic E-state index is 0.0395. The second-order valence-electron chi connectivity index (χ2n) is 3.47. The first-order chi connectivity index (χ1) is 8.54. The zero-order valence-corrected chi connectivity index (χ0v) is 11.3. The zero-order chi connectivity index (χ0) is 13.5. The molecule has 3 nitrogen and oxygen atoms in total. The number of anilines is 1. The van der Waals surface area contributed by atoms with Gasteiger partial charge in [0.25, 0.3) is 0 Å². The monoisotopic (exact) mass is 294 g/mol. The maximum atomic E-state index is 13.4. The van der Waals surface area contributed by atoms with E-state index in [0.717, 1.165) is 18.6 Å². The average Bonchev–Trinajstić information content (AvgIpc) is 2.29. The number of nitrogens with one attached hydrogen (secondary N) is 2. The molecule has 0 atom stereocenters. The van der Waals surface area contributed by atoms with Gasteiger partial charge in [-0.25, -0.2) is 8.78 Å². The highest BCUT2D eigenvalue weighted by Crippen LogP contribution is 2.26. The number of benzene rings is 1. The van der Waals surface area contributed by atoms with Gasteiger partial charge in [0.15, 0.2) is 10.9 Å². The first kappa shape index (κ1) is 15.1. The van der Waals surface area contributed by atoms with Gasteiger partial charge in [-0.1, -0.05) is 11.6 Å². The molecule has 2 N–H and O–H groups in total. The van der Waals surface area contributed by atoms with E-state index in [4.69, 9.17) is 28.6 Å². The number of ether oxygens (including phenoxy) is 1. The van der Waals surface area contributed by atoms with Crippen molar-refractivity contribution in [1.82, 2.24) is 5.32 Å². The van der Waals surface area contributed by atoms with Crippen LogP contribution in [0.3, 0.4) is 0 Å². The molecule has 1 aromatic carbocycles. The van der Waals surface area contributed by atoms with E-state index < -0.39 is 11.6 Å². The predicted octanol–water partition coefficient (Wildman–Crippen LogP) is 2.94. The Labute approximate surface area is 114 Å². The largest absolute Gasteiger partial charge is 0.385 e. The quantitative estimate of drug-likeness (QED) is 0.646. The third-order valence-corrected chi connectivity index (χ3v) is 2.60. The van der Waals surface area contributed by atoms with Crippen LogP contribution in [0.15, 0.2) is 12.1 Å². The fourth-order valence-corrected chi connectivity index (χ4v) is 1.68. The summed E-state index contributed by atoms with van der Waals surface area (Å²) >= 11 is 10.7. The number of methoxy groups -OCH3 is 1. The first-order valence-corrected chi connectivity index (χ1v) is 6.01. The summed E-state index contributed by atoms with van der Waals surface area (Å²) in [5.41, 5.74) is -0.0395. The van der Waals surface area contributed by atoms with E-state index in [-0.39, 0.29) is 15.8 Å². The van der Waals surface area contributed by atoms with Crippen LogP contribution in [0.25, 0.3) is 0 Å². The standard InChI is InChI=1S/C11H13ClF2N2OS/c1-17-4-2-3-15-11(18)16-10-8(12)5-7(13)6-9(10)14/h5-6H,2-4H2,1H3,(H2,15,16,18). The van der Waals surface area contributed by atoms with Crippen molar-refractivity contribution < 1.29 is 13.5 Å². The van der Waals surface area contributed by atoms with Crippen LogP contribution in [0.5, 0.6) is 0 Å². The number of hydrogen-bond donors (Lipinski definition) is 2. The molecule has 0 spiro atoms. The lowest BCUT2D eigenvalue weighted by Gasteiger charge is -2.12. The molecule has 0 saturated heterocycles. The molecule has 18 heavy (non-hydrogen) atoms. The van der Waals surface area contributed by atoms with Crippen LogP contribution in [-0.4, -0.2) is 25.4 Å². The van der Waals surface area contributed by atoms with Gasteiger partial charge in [-0.2, -0.15) is 0 Å². The summed E-state index contributed by atoms with van der Waals surface area (Å²) in [5, 5.41) is 5.60. The first-order valence-electron chi connectivity index (χ1n) is 5.23. The van der Waals surface area contributed by atoms with E-state index in [1.807, 2.05) is 0 Å². The maximum Gasteiger partial charge on any atom is 0.170 e. The van der Waals surface area contributed by atoms with Gasteiger partial charge in [-0.05, 0) is 24.7 Å². The van der Waals surface area contributed by atoms with Gasteiger partial charge in [0.2, 0.25) is 0 Å². The van der Waals surface area contributed by atoms with Gasteiger partial charge < -0.3 is 15.4 Å². The van der Waals surface area contributed by atoms with Crippen molar-refractivity contribution in [3.8, 4) is 0 Å². The van der Waals surface area contributed by atoms with Gasteiger partial charge >= 0.3 is 0 Å². The Kier molecular flexibility index (Phi) is 6.24. The van der Waals surface area contributed by atoms with Crippen molar-refractivity contribution in [2.75, 3.05) is 25.6 Å². The summed E-state index contributed by atoms with van der Waals surface area (Å²) in [5.74, 6) is -1.52. The van der Waals surface area contributed by atoms with Gasteiger partial charge in [0, 0.05) is 26.3 Å². The minimum atomic E-state index is -0.791. The number of thiocarbonyl (C=S) groups is 1. The molecule has 0 aromatic heterocycles. The Bertz CT molecular complexity index is 408. The molecule has 0 aliphatic rings. The summed E-state index contributed by atoms with van der Waals surface area (Å²) in [4.78, 5) is 0. The second-order valence-corrected chi connectivity index (χ2v) is 4.29. The summed E-state index contributed by atoms with van der Waals surface area (Å²) in [6.07, 6.45) is 0.762. The van der Waals surface area contributed by atoms with Crippen LogP contribution in [0.2, 0.25) is 5.02 Å². The van der Waals surface area contributed by atoms with E-state index in [0.29, 0.717) is 13.2 Å². The molecular weight excluding hydrogens is 282 g/mol. The Morgan fingerprint density at radius 3 is 2.78 bits per heavy atom. The molecule has 100 valence electrons. The third-order valence-electron chi connectivity index (χ3n) is 2.06. The molecule has 0 saturated carbocycles. The van der Waals surface area contributed by atoms with E-state index in [1.54, 1.807) is 7.11 Å². The molecule has 7 heteroatoms. The van der Waals surface area contributed by atoms with E-state index in [2.05, 4.69) is 10.6 Å². The Morgan fingerprint density at radius 2 is 2.17 bits per heavy atom. The molecule has 0 aliphatic carbocycles. The molecule has 1 rings (SSSR count). The van der Waals surface area contributed by atoms with Crippen LogP contribution < -0.4 is 10.6 Å². The van der Waals surface area contributed by atoms with Crippen LogP contribution in [0, 0.1) is 11.6 Å². The molecule has 0 amide bonds. The van der Waals surface area contributed by atoms with Crippen molar-refractivity contribution in [3.05, 3.63) is 28.8 Å². The molecule has 0 heterocycles. The number of hydrogen-bond acceptors (Lipinski definition) is 2. The Balaban J connectivity index is 2.54. The van der Waals surface area contributed by atoms with Crippen molar-refractivity contribution >= 4 is 34.6 Å². The lowest BCUT2D eigenvalue weighted by Crippen LogP contribution is -2.30. The van der Waals surface area contributed by atoms with Crippen LogP contribution in [-0.2, 0) is 4.74 Å². The van der Waals surface area contributed by atoms with Crippen molar-refractivity contribution in [2.45, 2.75) is 6.42 Å². The molecular formula is C11H13ClF2N2OS. The van der Waals surface area contributed by atoms with E-state index in [1.165, 1.54) is 0 Å². The van der Waals surface area contributed by atoms with Gasteiger partial charge in [-0.3, -0.25) is 0 Å². The summed E-state index contributed by atoms with van der Waals surface area (Å²) in [6.45, 7) is 1.18. The molecule has 0 aliphatic heterocycles. The van der Waals surface area contributed by atoms with Crippen LogP contribution in [0.4, 0.5) is 14.5 Å². The Morgan fingerprint density at radius 1 is 1.44 bits per heavy atom. The molecule has 0 radical (unpaired) electrons. The van der Waals surface area contributed by atoms with Gasteiger partial charge in [-0.15, -0.1) is 0 Å². The van der Waals surface area contributed by atoms with Crippen molar-refractivity contribution in [3.63, 3.8) is 0 Å². The number of halogens is 3. The lowest BCUT2D eigenvalue weighted by atomic mass is 10.3. The normalized spacial score (nSPS) is 10.2. The smallest absolute Gasteiger partial charge is 0.170 e. The van der Waals surface area contributed by atoms with E-state index >= 15 is 0 Å². The molecule has 0 unspecified atom stereocenters. The topological polar surface area (TPSA) is 33.3 Å². The van der Waals surface area contributed by atoms with Crippen LogP contribution >= 0.6 is 23.8 Å². The van der Waals surface area contributed by atoms with E-state index in [9.17, 15) is 8.78 Å². The summed E-state index contributed by atoms with van der Waals surface area (Å²) in [7, 11) is 1.60. The van der Waals surface area contributed by atoms with Crippen molar-refractivity contribution in [2.24, 2.45) is 0 Å². The fraction of sp³-hybridized carbons (Fsp3) is 0.364. The SMILES string of the molecule is COCCCNC(=S)Nc1c(F)cc(F)cc1Cl. The lowest BCUT2D eigenvalue weighted by molar-refractivity contribution is 0.196. The number of rotatable bonds is 5. The highest BCUT2D eigenvalue weighted by molar-refractivity contribution is 7.80. The molecule has 0 fully saturated rings. The summed E-state index contributed by atoms with van der Waals surface area (Å²) < 4.78 is 31.1. The highest BCUT2D eigenvalue weighted by atomic mass is 35.5. The average molecular weight is 295 g/mol. The van der Waals surface area contributed by atoms with Gasteiger partial charge in [0.1, 0.15) is 5.82 Å². The van der Waals surface area contributed by atoms with Crippen LogP contribution in [0.1, 0.15) is 6.42 Å². The Hall–Kier alpha value is -0.980.